The molecule has 2 aromatic heterocycles. The fraction of sp³-hybridized carbons (Fsp3) is 0.100. The van der Waals surface area contributed by atoms with E-state index in [9.17, 15) is 4.79 Å². The molecule has 0 radical (unpaired) electrons. The maximum atomic E-state index is 12.8. The fourth-order valence-electron chi connectivity index (χ4n) is 3.05. The summed E-state index contributed by atoms with van der Waals surface area (Å²) in [6, 6.07) is 15.6. The Morgan fingerprint density at radius 1 is 1.19 bits per heavy atom. The quantitative estimate of drug-likeness (QED) is 0.422. The van der Waals surface area contributed by atoms with Gasteiger partial charge in [0, 0.05) is 26.4 Å². The zero-order valence-electron chi connectivity index (χ0n) is 13.8. The summed E-state index contributed by atoms with van der Waals surface area (Å²) >= 11 is 11.0. The average Bonchev–Trinajstić information content (AvgIpc) is 2.92. The molecule has 0 aliphatic heterocycles. The molecule has 0 saturated heterocycles. The number of thiophene rings is 1. The Morgan fingerprint density at radius 3 is 2.69 bits per heavy atom. The summed E-state index contributed by atoms with van der Waals surface area (Å²) in [4.78, 5) is 22.3. The third-order valence-electron chi connectivity index (χ3n) is 4.18. The van der Waals surface area contributed by atoms with Crippen molar-refractivity contribution in [2.75, 3.05) is 0 Å². The van der Waals surface area contributed by atoms with Crippen LogP contribution >= 0.6 is 38.9 Å². The Kier molecular flexibility index (Phi) is 4.69. The molecule has 2 heterocycles. The summed E-state index contributed by atoms with van der Waals surface area (Å²) in [7, 11) is 0. The van der Waals surface area contributed by atoms with Gasteiger partial charge < -0.3 is 4.98 Å². The summed E-state index contributed by atoms with van der Waals surface area (Å²) in [6.07, 6.45) is 0.538. The van der Waals surface area contributed by atoms with E-state index in [1.165, 1.54) is 0 Å². The smallest absolute Gasteiger partial charge is 0.260 e. The normalized spacial score (nSPS) is 11.2. The van der Waals surface area contributed by atoms with Gasteiger partial charge in [0.25, 0.3) is 5.56 Å². The second kappa shape index (κ2) is 6.99. The number of benzene rings is 2. The van der Waals surface area contributed by atoms with Gasteiger partial charge in [-0.15, -0.1) is 11.3 Å². The lowest BCUT2D eigenvalue weighted by atomic mass is 10.0. The molecule has 0 spiro atoms. The minimum Gasteiger partial charge on any atom is -0.310 e. The van der Waals surface area contributed by atoms with Crippen molar-refractivity contribution < 1.29 is 0 Å². The molecular weight excluding hydrogens is 432 g/mol. The number of nitrogens with zero attached hydrogens (tertiary/aromatic N) is 1. The number of aromatic nitrogens is 2. The molecule has 0 amide bonds. The standard InChI is InChI=1S/C20H14BrClN2OS/c1-11-17(13-5-7-14(21)8-6-13)18-19(25)23-16(24-20(18)26-11)10-12-3-2-4-15(22)9-12/h2-9H,10H2,1H3,(H,23,24,25). The number of halogens is 2. The topological polar surface area (TPSA) is 45.8 Å². The highest BCUT2D eigenvalue weighted by molar-refractivity contribution is 9.10. The van der Waals surface area contributed by atoms with E-state index < -0.39 is 0 Å². The second-order valence-electron chi connectivity index (χ2n) is 6.04. The van der Waals surface area contributed by atoms with E-state index >= 15 is 0 Å². The Balaban J connectivity index is 1.82. The number of nitrogens with one attached hydrogen (secondary N) is 1. The summed E-state index contributed by atoms with van der Waals surface area (Å²) in [6.45, 7) is 2.03. The van der Waals surface area contributed by atoms with E-state index in [-0.39, 0.29) is 5.56 Å². The third kappa shape index (κ3) is 3.34. The first-order chi connectivity index (χ1) is 12.5. The number of fused-ring (bicyclic) bond motifs is 1. The second-order valence-corrected chi connectivity index (χ2v) is 8.59. The number of aryl methyl sites for hydroxylation is 1. The molecular formula is C20H14BrClN2OS. The van der Waals surface area contributed by atoms with E-state index in [4.69, 9.17) is 16.6 Å². The lowest BCUT2D eigenvalue weighted by Gasteiger charge is -2.04. The van der Waals surface area contributed by atoms with Gasteiger partial charge in [-0.3, -0.25) is 4.79 Å². The lowest BCUT2D eigenvalue weighted by molar-refractivity contribution is 0.977. The van der Waals surface area contributed by atoms with Gasteiger partial charge in [-0.05, 0) is 42.3 Å². The molecule has 3 nitrogen and oxygen atoms in total. The molecule has 4 rings (SSSR count). The van der Waals surface area contributed by atoms with Crippen molar-refractivity contribution in [2.45, 2.75) is 13.3 Å². The van der Waals surface area contributed by atoms with Crippen LogP contribution in [0.3, 0.4) is 0 Å². The van der Waals surface area contributed by atoms with Gasteiger partial charge in [0.2, 0.25) is 0 Å². The van der Waals surface area contributed by atoms with Gasteiger partial charge in [-0.2, -0.15) is 0 Å². The minimum absolute atomic E-state index is 0.103. The molecule has 0 aliphatic carbocycles. The lowest BCUT2D eigenvalue weighted by Crippen LogP contribution is -2.11. The monoisotopic (exact) mass is 444 g/mol. The van der Waals surface area contributed by atoms with Crippen LogP contribution in [0, 0.1) is 6.92 Å². The van der Waals surface area contributed by atoms with Crippen LogP contribution in [0.4, 0.5) is 0 Å². The first-order valence-electron chi connectivity index (χ1n) is 8.04. The molecule has 4 aromatic rings. The highest BCUT2D eigenvalue weighted by Gasteiger charge is 2.16. The predicted molar refractivity (Wildman–Crippen MR) is 112 cm³/mol. The van der Waals surface area contributed by atoms with Crippen molar-refractivity contribution in [3.05, 3.63) is 84.6 Å². The Morgan fingerprint density at radius 2 is 1.96 bits per heavy atom. The number of aromatic amines is 1. The Labute approximate surface area is 167 Å². The summed E-state index contributed by atoms with van der Waals surface area (Å²) in [5.74, 6) is 0.647. The highest BCUT2D eigenvalue weighted by atomic mass is 79.9. The van der Waals surface area contributed by atoms with Gasteiger partial charge in [0.15, 0.2) is 0 Å². The first kappa shape index (κ1) is 17.5. The van der Waals surface area contributed by atoms with Crippen molar-refractivity contribution in [2.24, 2.45) is 0 Å². The van der Waals surface area contributed by atoms with E-state index in [0.717, 1.165) is 30.9 Å². The number of hydrogen-bond donors (Lipinski definition) is 1. The molecule has 0 unspecified atom stereocenters. The molecule has 130 valence electrons. The van der Waals surface area contributed by atoms with Crippen LogP contribution in [0.15, 0.2) is 57.8 Å². The van der Waals surface area contributed by atoms with Crippen molar-refractivity contribution >= 4 is 49.1 Å². The maximum absolute atomic E-state index is 12.8. The number of hydrogen-bond acceptors (Lipinski definition) is 3. The van der Waals surface area contributed by atoms with E-state index in [0.29, 0.717) is 22.7 Å². The molecule has 0 fully saturated rings. The summed E-state index contributed by atoms with van der Waals surface area (Å²) in [5.41, 5.74) is 2.89. The van der Waals surface area contributed by atoms with Crippen LogP contribution < -0.4 is 5.56 Å². The zero-order chi connectivity index (χ0) is 18.3. The third-order valence-corrected chi connectivity index (χ3v) is 5.94. The predicted octanol–water partition coefficient (Wildman–Crippen LogP) is 5.97. The van der Waals surface area contributed by atoms with Crippen LogP contribution in [0.5, 0.6) is 0 Å². The molecule has 0 aliphatic rings. The van der Waals surface area contributed by atoms with E-state index in [1.54, 1.807) is 11.3 Å². The zero-order valence-corrected chi connectivity index (χ0v) is 17.0. The van der Waals surface area contributed by atoms with Crippen LogP contribution in [-0.2, 0) is 6.42 Å². The van der Waals surface area contributed by atoms with Gasteiger partial charge >= 0.3 is 0 Å². The average molecular weight is 446 g/mol. The number of H-pyrrole nitrogens is 1. The Hall–Kier alpha value is -1.95. The summed E-state index contributed by atoms with van der Waals surface area (Å²) in [5, 5.41) is 1.33. The van der Waals surface area contributed by atoms with E-state index in [1.807, 2.05) is 55.5 Å². The molecule has 0 bridgehead atoms. The SMILES string of the molecule is Cc1sc2nc(Cc3cccc(Cl)c3)[nH]c(=O)c2c1-c1ccc(Br)cc1. The van der Waals surface area contributed by atoms with Crippen molar-refractivity contribution in [1.82, 2.24) is 9.97 Å². The molecule has 6 heteroatoms. The van der Waals surface area contributed by atoms with Gasteiger partial charge in [-0.25, -0.2) is 4.98 Å². The van der Waals surface area contributed by atoms with Gasteiger partial charge in [0.1, 0.15) is 10.7 Å². The largest absolute Gasteiger partial charge is 0.310 e. The molecule has 1 N–H and O–H groups in total. The first-order valence-corrected chi connectivity index (χ1v) is 10.0. The number of rotatable bonds is 3. The van der Waals surface area contributed by atoms with Crippen LogP contribution in [0.1, 0.15) is 16.3 Å². The fourth-order valence-corrected chi connectivity index (χ4v) is 4.59. The van der Waals surface area contributed by atoms with Crippen molar-refractivity contribution in [1.29, 1.82) is 0 Å². The van der Waals surface area contributed by atoms with Gasteiger partial charge in [-0.1, -0.05) is 51.8 Å². The molecule has 0 saturated carbocycles. The van der Waals surface area contributed by atoms with Crippen LogP contribution in [-0.4, -0.2) is 9.97 Å². The molecule has 0 atom stereocenters. The highest BCUT2D eigenvalue weighted by Crippen LogP contribution is 2.36. The molecule has 2 aromatic carbocycles. The Bertz CT molecular complexity index is 1160. The van der Waals surface area contributed by atoms with E-state index in [2.05, 4.69) is 20.9 Å². The minimum atomic E-state index is -0.103. The summed E-state index contributed by atoms with van der Waals surface area (Å²) < 4.78 is 1.01. The van der Waals surface area contributed by atoms with Crippen molar-refractivity contribution in [3.8, 4) is 11.1 Å². The van der Waals surface area contributed by atoms with Crippen LogP contribution in [0.2, 0.25) is 5.02 Å². The maximum Gasteiger partial charge on any atom is 0.260 e. The van der Waals surface area contributed by atoms with Gasteiger partial charge in [0.05, 0.1) is 5.39 Å². The van der Waals surface area contributed by atoms with Crippen molar-refractivity contribution in [3.63, 3.8) is 0 Å². The molecule has 26 heavy (non-hydrogen) atoms. The van der Waals surface area contributed by atoms with Crippen LogP contribution in [0.25, 0.3) is 21.3 Å².